The van der Waals surface area contributed by atoms with E-state index in [1.54, 1.807) is 17.0 Å². The summed E-state index contributed by atoms with van der Waals surface area (Å²) in [4.78, 5) is 27.1. The standard InChI is InChI=1S/C22H24N2O3/c1-15-7-8-17(19(25)13-15)21(27)24-11-9-22(10-12-24)14-18(20(26)23-22)16-5-3-2-4-6-16/h2-8,13,18,25H,9-12,14H2,1H3,(H,23,26). The van der Waals surface area contributed by atoms with E-state index in [2.05, 4.69) is 5.32 Å². The summed E-state index contributed by atoms with van der Waals surface area (Å²) in [5.41, 5.74) is 2.08. The number of aromatic hydroxyl groups is 1. The van der Waals surface area contributed by atoms with Crippen LogP contribution < -0.4 is 5.32 Å². The molecule has 4 rings (SSSR count). The Morgan fingerprint density at radius 2 is 1.85 bits per heavy atom. The second-order valence-electron chi connectivity index (χ2n) is 7.75. The fourth-order valence-corrected chi connectivity index (χ4v) is 4.30. The van der Waals surface area contributed by atoms with E-state index in [1.165, 1.54) is 0 Å². The maximum Gasteiger partial charge on any atom is 0.257 e. The van der Waals surface area contributed by atoms with Crippen molar-refractivity contribution in [3.63, 3.8) is 0 Å². The van der Waals surface area contributed by atoms with Crippen molar-refractivity contribution in [2.45, 2.75) is 37.6 Å². The highest BCUT2D eigenvalue weighted by atomic mass is 16.3. The van der Waals surface area contributed by atoms with E-state index in [4.69, 9.17) is 0 Å². The summed E-state index contributed by atoms with van der Waals surface area (Å²) in [5.74, 6) is -0.156. The summed E-state index contributed by atoms with van der Waals surface area (Å²) in [7, 11) is 0. The summed E-state index contributed by atoms with van der Waals surface area (Å²) < 4.78 is 0. The van der Waals surface area contributed by atoms with Gasteiger partial charge in [0.1, 0.15) is 5.75 Å². The average molecular weight is 364 g/mol. The largest absolute Gasteiger partial charge is 0.507 e. The first-order valence-corrected chi connectivity index (χ1v) is 9.43. The van der Waals surface area contributed by atoms with Crippen LogP contribution in [0.4, 0.5) is 0 Å². The first-order valence-electron chi connectivity index (χ1n) is 9.43. The first-order chi connectivity index (χ1) is 13.0. The van der Waals surface area contributed by atoms with Gasteiger partial charge in [-0.25, -0.2) is 0 Å². The van der Waals surface area contributed by atoms with Gasteiger partial charge >= 0.3 is 0 Å². The van der Waals surface area contributed by atoms with Crippen LogP contribution in [0, 0.1) is 6.92 Å². The number of phenols is 1. The van der Waals surface area contributed by atoms with E-state index >= 15 is 0 Å². The molecule has 0 saturated carbocycles. The summed E-state index contributed by atoms with van der Waals surface area (Å²) >= 11 is 0. The van der Waals surface area contributed by atoms with Gasteiger partial charge in [-0.2, -0.15) is 0 Å². The van der Waals surface area contributed by atoms with Crippen molar-refractivity contribution < 1.29 is 14.7 Å². The van der Waals surface area contributed by atoms with Crippen molar-refractivity contribution in [3.05, 3.63) is 65.2 Å². The number of piperidine rings is 1. The van der Waals surface area contributed by atoms with Gasteiger partial charge in [-0.15, -0.1) is 0 Å². The molecular formula is C22H24N2O3. The number of amides is 2. The third-order valence-electron chi connectivity index (χ3n) is 5.89. The zero-order chi connectivity index (χ0) is 19.0. The number of carbonyl (C=O) groups is 2. The topological polar surface area (TPSA) is 69.6 Å². The molecule has 2 amide bonds. The molecule has 5 heteroatoms. The lowest BCUT2D eigenvalue weighted by molar-refractivity contribution is -0.121. The van der Waals surface area contributed by atoms with E-state index in [9.17, 15) is 14.7 Å². The fourth-order valence-electron chi connectivity index (χ4n) is 4.30. The molecule has 2 N–H and O–H groups in total. The molecule has 5 nitrogen and oxygen atoms in total. The number of hydrogen-bond acceptors (Lipinski definition) is 3. The number of aryl methyl sites for hydroxylation is 1. The quantitative estimate of drug-likeness (QED) is 0.861. The van der Waals surface area contributed by atoms with Crippen LogP contribution in [-0.4, -0.2) is 40.4 Å². The molecule has 2 fully saturated rings. The minimum atomic E-state index is -0.232. The predicted molar refractivity (Wildman–Crippen MR) is 103 cm³/mol. The van der Waals surface area contributed by atoms with Crippen LogP contribution in [0.1, 0.15) is 46.7 Å². The number of hydrogen-bond donors (Lipinski definition) is 2. The number of nitrogens with one attached hydrogen (secondary N) is 1. The lowest BCUT2D eigenvalue weighted by Gasteiger charge is -2.39. The summed E-state index contributed by atoms with van der Waals surface area (Å²) in [6.45, 7) is 3.03. The van der Waals surface area contributed by atoms with Crippen molar-refractivity contribution in [1.29, 1.82) is 0 Å². The molecule has 1 atom stereocenters. The van der Waals surface area contributed by atoms with Gasteiger partial charge in [-0.05, 0) is 49.4 Å². The third-order valence-corrected chi connectivity index (χ3v) is 5.89. The van der Waals surface area contributed by atoms with Crippen LogP contribution in [0.3, 0.4) is 0 Å². The smallest absolute Gasteiger partial charge is 0.257 e. The van der Waals surface area contributed by atoms with E-state index in [-0.39, 0.29) is 29.0 Å². The number of likely N-dealkylation sites (tertiary alicyclic amines) is 1. The van der Waals surface area contributed by atoms with E-state index in [0.717, 1.165) is 30.4 Å². The van der Waals surface area contributed by atoms with Crippen molar-refractivity contribution in [2.75, 3.05) is 13.1 Å². The average Bonchev–Trinajstić information content (AvgIpc) is 2.98. The second kappa shape index (κ2) is 6.72. The summed E-state index contributed by atoms with van der Waals surface area (Å²) in [6.07, 6.45) is 2.24. The Hall–Kier alpha value is -2.82. The van der Waals surface area contributed by atoms with Crippen LogP contribution in [0.25, 0.3) is 0 Å². The maximum atomic E-state index is 12.8. The molecule has 1 spiro atoms. The van der Waals surface area contributed by atoms with Gasteiger partial charge in [0, 0.05) is 18.6 Å². The molecule has 0 aromatic heterocycles. The molecule has 27 heavy (non-hydrogen) atoms. The zero-order valence-electron chi connectivity index (χ0n) is 15.4. The lowest BCUT2D eigenvalue weighted by Crippen LogP contribution is -2.52. The monoisotopic (exact) mass is 364 g/mol. The molecule has 2 aromatic rings. The molecule has 2 aliphatic rings. The van der Waals surface area contributed by atoms with Crippen LogP contribution in [0.5, 0.6) is 5.75 Å². The molecule has 2 heterocycles. The highest BCUT2D eigenvalue weighted by molar-refractivity contribution is 5.97. The van der Waals surface area contributed by atoms with Gasteiger partial charge in [0.25, 0.3) is 5.91 Å². The molecule has 1 unspecified atom stereocenters. The molecule has 0 aliphatic carbocycles. The van der Waals surface area contributed by atoms with Crippen molar-refractivity contribution in [1.82, 2.24) is 10.2 Å². The highest BCUT2D eigenvalue weighted by Crippen LogP contribution is 2.39. The third kappa shape index (κ3) is 3.29. The van der Waals surface area contributed by atoms with Gasteiger partial charge in [-0.3, -0.25) is 9.59 Å². The fraction of sp³-hybridized carbons (Fsp3) is 0.364. The van der Waals surface area contributed by atoms with E-state index in [0.29, 0.717) is 18.7 Å². The number of rotatable bonds is 2. The predicted octanol–water partition coefficient (Wildman–Crippen LogP) is 2.98. The molecule has 2 aromatic carbocycles. The van der Waals surface area contributed by atoms with Gasteiger partial charge in [0.2, 0.25) is 5.91 Å². The molecule has 2 saturated heterocycles. The summed E-state index contributed by atoms with van der Waals surface area (Å²) in [6, 6.07) is 15.0. The number of nitrogens with zero attached hydrogens (tertiary/aromatic N) is 1. The minimum absolute atomic E-state index is 0.0265. The van der Waals surface area contributed by atoms with Crippen molar-refractivity contribution in [3.8, 4) is 5.75 Å². The van der Waals surface area contributed by atoms with Crippen LogP contribution in [0.15, 0.2) is 48.5 Å². The van der Waals surface area contributed by atoms with Gasteiger partial charge in [0.15, 0.2) is 0 Å². The van der Waals surface area contributed by atoms with Crippen LogP contribution >= 0.6 is 0 Å². The number of benzene rings is 2. The Labute approximate surface area is 159 Å². The van der Waals surface area contributed by atoms with E-state index in [1.807, 2.05) is 43.3 Å². The van der Waals surface area contributed by atoms with Crippen LogP contribution in [0.2, 0.25) is 0 Å². The molecule has 0 radical (unpaired) electrons. The van der Waals surface area contributed by atoms with Crippen LogP contribution in [-0.2, 0) is 4.79 Å². The lowest BCUT2D eigenvalue weighted by atomic mass is 9.82. The van der Waals surface area contributed by atoms with Gasteiger partial charge in [0.05, 0.1) is 11.5 Å². The Morgan fingerprint density at radius 1 is 1.15 bits per heavy atom. The number of carbonyl (C=O) groups excluding carboxylic acids is 2. The Balaban J connectivity index is 1.44. The Bertz CT molecular complexity index is 870. The minimum Gasteiger partial charge on any atom is -0.507 e. The molecule has 140 valence electrons. The molecule has 2 aliphatic heterocycles. The highest BCUT2D eigenvalue weighted by Gasteiger charge is 2.46. The molecule has 0 bridgehead atoms. The normalized spacial score (nSPS) is 21.3. The van der Waals surface area contributed by atoms with E-state index < -0.39 is 0 Å². The SMILES string of the molecule is Cc1ccc(C(=O)N2CCC3(CC2)CC(c2ccccc2)C(=O)N3)c(O)c1. The Morgan fingerprint density at radius 3 is 2.52 bits per heavy atom. The van der Waals surface area contributed by atoms with Crippen molar-refractivity contribution in [2.24, 2.45) is 0 Å². The molecular weight excluding hydrogens is 340 g/mol. The summed E-state index contributed by atoms with van der Waals surface area (Å²) in [5, 5.41) is 13.3. The first kappa shape index (κ1) is 17.6. The van der Waals surface area contributed by atoms with Gasteiger partial charge < -0.3 is 15.3 Å². The van der Waals surface area contributed by atoms with Gasteiger partial charge in [-0.1, -0.05) is 36.4 Å². The zero-order valence-corrected chi connectivity index (χ0v) is 15.4. The van der Waals surface area contributed by atoms with Crippen molar-refractivity contribution >= 4 is 11.8 Å². The maximum absolute atomic E-state index is 12.8. The number of phenolic OH excluding ortho intramolecular Hbond substituents is 1. The Kier molecular flexibility index (Phi) is 4.38. The second-order valence-corrected chi connectivity index (χ2v) is 7.75.